The number of carbonyl (C=O) groups excluding carboxylic acids is 2. The third kappa shape index (κ3) is 6.00. The second-order valence-electron chi connectivity index (χ2n) is 5.95. The Morgan fingerprint density at radius 1 is 0.931 bits per heavy atom. The summed E-state index contributed by atoms with van der Waals surface area (Å²) >= 11 is 0. The van der Waals surface area contributed by atoms with Crippen molar-refractivity contribution in [2.45, 2.75) is 0 Å². The number of nitrogens with zero attached hydrogens (tertiary/aromatic N) is 1. The van der Waals surface area contributed by atoms with Crippen LogP contribution in [-0.4, -0.2) is 24.6 Å². The lowest BCUT2D eigenvalue weighted by Crippen LogP contribution is -2.20. The van der Waals surface area contributed by atoms with E-state index in [1.807, 2.05) is 6.07 Å². The van der Waals surface area contributed by atoms with E-state index in [0.717, 1.165) is 0 Å². The van der Waals surface area contributed by atoms with Crippen molar-refractivity contribution in [3.05, 3.63) is 95.8 Å². The number of ether oxygens (including phenoxy) is 1. The Morgan fingerprint density at radius 3 is 2.38 bits per heavy atom. The Bertz CT molecular complexity index is 1010. The number of hydrogen-bond acceptors (Lipinski definition) is 4. The summed E-state index contributed by atoms with van der Waals surface area (Å²) in [5.41, 5.74) is 4.00. The van der Waals surface area contributed by atoms with Gasteiger partial charge in [-0.2, -0.15) is 5.10 Å². The van der Waals surface area contributed by atoms with Gasteiger partial charge in [-0.05, 0) is 48.5 Å². The summed E-state index contributed by atoms with van der Waals surface area (Å²) < 4.78 is 18.5. The molecule has 0 aliphatic heterocycles. The van der Waals surface area contributed by atoms with E-state index in [0.29, 0.717) is 22.6 Å². The minimum absolute atomic E-state index is 0.237. The number of para-hydroxylation sites is 1. The molecule has 0 radical (unpaired) electrons. The topological polar surface area (TPSA) is 79.8 Å². The zero-order valence-corrected chi connectivity index (χ0v) is 15.3. The fraction of sp³-hybridized carbons (Fsp3) is 0.0455. The first-order valence-electron chi connectivity index (χ1n) is 8.77. The minimum atomic E-state index is -0.388. The van der Waals surface area contributed by atoms with Gasteiger partial charge in [0, 0.05) is 16.8 Å². The molecule has 0 bridgehead atoms. The molecule has 29 heavy (non-hydrogen) atoms. The first-order chi connectivity index (χ1) is 14.1. The number of halogens is 1. The lowest BCUT2D eigenvalue weighted by molar-refractivity contribution is -0.118. The molecular weight excluding hydrogens is 373 g/mol. The number of anilines is 1. The van der Waals surface area contributed by atoms with Crippen LogP contribution in [0.1, 0.15) is 15.9 Å². The van der Waals surface area contributed by atoms with Crippen LogP contribution in [0.2, 0.25) is 0 Å². The lowest BCUT2D eigenvalue weighted by Gasteiger charge is -2.09. The first-order valence-corrected chi connectivity index (χ1v) is 8.77. The highest BCUT2D eigenvalue weighted by Crippen LogP contribution is 2.16. The molecule has 0 spiro atoms. The highest BCUT2D eigenvalue weighted by atomic mass is 19.1. The van der Waals surface area contributed by atoms with Crippen LogP contribution in [0, 0.1) is 5.82 Å². The molecule has 0 atom stereocenters. The molecule has 0 aromatic heterocycles. The van der Waals surface area contributed by atoms with Crippen LogP contribution in [0.5, 0.6) is 5.75 Å². The Labute approximate surface area is 167 Å². The summed E-state index contributed by atoms with van der Waals surface area (Å²) in [6.07, 6.45) is 1.44. The van der Waals surface area contributed by atoms with Gasteiger partial charge in [0.1, 0.15) is 11.6 Å². The van der Waals surface area contributed by atoms with E-state index in [-0.39, 0.29) is 24.2 Å². The molecule has 0 saturated heterocycles. The molecule has 0 aliphatic rings. The predicted octanol–water partition coefficient (Wildman–Crippen LogP) is 3.61. The van der Waals surface area contributed by atoms with Crippen LogP contribution >= 0.6 is 0 Å². The number of amides is 2. The van der Waals surface area contributed by atoms with Gasteiger partial charge in [-0.25, -0.2) is 9.82 Å². The van der Waals surface area contributed by atoms with Crippen molar-refractivity contribution < 1.29 is 18.7 Å². The average molecular weight is 391 g/mol. The third-order valence-corrected chi connectivity index (χ3v) is 3.81. The van der Waals surface area contributed by atoms with Crippen LogP contribution in [0.3, 0.4) is 0 Å². The molecule has 7 heteroatoms. The van der Waals surface area contributed by atoms with E-state index in [2.05, 4.69) is 15.8 Å². The first kappa shape index (κ1) is 19.8. The number of hydrogen-bond donors (Lipinski definition) is 2. The van der Waals surface area contributed by atoms with Gasteiger partial charge in [0.2, 0.25) is 0 Å². The number of hydrazone groups is 1. The van der Waals surface area contributed by atoms with Crippen molar-refractivity contribution in [2.75, 3.05) is 11.9 Å². The summed E-state index contributed by atoms with van der Waals surface area (Å²) in [6.45, 7) is -0.237. The van der Waals surface area contributed by atoms with Gasteiger partial charge in [0.05, 0.1) is 6.21 Å². The fourth-order valence-corrected chi connectivity index (χ4v) is 2.41. The van der Waals surface area contributed by atoms with Gasteiger partial charge in [-0.15, -0.1) is 0 Å². The molecule has 3 rings (SSSR count). The predicted molar refractivity (Wildman–Crippen MR) is 108 cm³/mol. The van der Waals surface area contributed by atoms with Crippen molar-refractivity contribution in [1.82, 2.24) is 5.43 Å². The molecular formula is C22H18FN3O3. The second kappa shape index (κ2) is 9.80. The normalized spacial score (nSPS) is 10.5. The van der Waals surface area contributed by atoms with Gasteiger partial charge in [-0.1, -0.05) is 30.3 Å². The van der Waals surface area contributed by atoms with Gasteiger partial charge in [0.15, 0.2) is 6.61 Å². The molecule has 0 unspecified atom stereocenters. The molecule has 3 aromatic rings. The van der Waals surface area contributed by atoms with E-state index in [1.54, 1.807) is 48.5 Å². The van der Waals surface area contributed by atoms with Gasteiger partial charge < -0.3 is 10.1 Å². The molecule has 2 N–H and O–H groups in total. The summed E-state index contributed by atoms with van der Waals surface area (Å²) in [4.78, 5) is 24.0. The maximum atomic E-state index is 12.9. The Balaban J connectivity index is 1.56. The maximum Gasteiger partial charge on any atom is 0.271 e. The average Bonchev–Trinajstić information content (AvgIpc) is 2.75. The van der Waals surface area contributed by atoms with Gasteiger partial charge in [-0.3, -0.25) is 9.59 Å². The van der Waals surface area contributed by atoms with Crippen molar-refractivity contribution in [3.8, 4) is 5.75 Å². The summed E-state index contributed by atoms with van der Waals surface area (Å²) in [5, 5.41) is 6.55. The molecule has 6 nitrogen and oxygen atoms in total. The Morgan fingerprint density at radius 2 is 1.62 bits per heavy atom. The number of nitrogens with one attached hydrogen (secondary N) is 2. The third-order valence-electron chi connectivity index (χ3n) is 3.81. The Kier molecular flexibility index (Phi) is 6.67. The van der Waals surface area contributed by atoms with E-state index in [4.69, 9.17) is 4.74 Å². The molecule has 146 valence electrons. The van der Waals surface area contributed by atoms with Crippen molar-refractivity contribution in [2.24, 2.45) is 5.10 Å². The smallest absolute Gasteiger partial charge is 0.271 e. The van der Waals surface area contributed by atoms with Crippen molar-refractivity contribution in [1.29, 1.82) is 0 Å². The molecule has 3 aromatic carbocycles. The second-order valence-corrected chi connectivity index (χ2v) is 5.95. The van der Waals surface area contributed by atoms with E-state index in [1.165, 1.54) is 30.5 Å². The quantitative estimate of drug-likeness (QED) is 0.477. The molecule has 0 fully saturated rings. The zero-order chi connectivity index (χ0) is 20.5. The SMILES string of the molecule is O=C(COc1ccccc1/C=N/NC(=O)c1ccccc1)Nc1ccc(F)cc1. The number of rotatable bonds is 7. The van der Waals surface area contributed by atoms with Crippen LogP contribution in [-0.2, 0) is 4.79 Å². The largest absolute Gasteiger partial charge is 0.483 e. The zero-order valence-electron chi connectivity index (χ0n) is 15.3. The van der Waals surface area contributed by atoms with Crippen LogP contribution in [0.15, 0.2) is 84.0 Å². The highest BCUT2D eigenvalue weighted by Gasteiger charge is 2.07. The molecule has 0 saturated carbocycles. The summed E-state index contributed by atoms with van der Waals surface area (Å²) in [7, 11) is 0. The number of carbonyl (C=O) groups is 2. The Hall–Kier alpha value is -4.00. The molecule has 0 heterocycles. The van der Waals surface area contributed by atoms with Crippen LogP contribution in [0.4, 0.5) is 10.1 Å². The summed E-state index contributed by atoms with van der Waals surface area (Å²) in [6, 6.07) is 21.1. The van der Waals surface area contributed by atoms with E-state index in [9.17, 15) is 14.0 Å². The molecule has 2 amide bonds. The van der Waals surface area contributed by atoms with Crippen molar-refractivity contribution in [3.63, 3.8) is 0 Å². The van der Waals surface area contributed by atoms with Crippen molar-refractivity contribution >= 4 is 23.7 Å². The highest BCUT2D eigenvalue weighted by molar-refractivity contribution is 5.95. The van der Waals surface area contributed by atoms with E-state index >= 15 is 0 Å². The van der Waals surface area contributed by atoms with Gasteiger partial charge >= 0.3 is 0 Å². The lowest BCUT2D eigenvalue weighted by atomic mass is 10.2. The summed E-state index contributed by atoms with van der Waals surface area (Å²) in [5.74, 6) is -0.675. The van der Waals surface area contributed by atoms with Gasteiger partial charge in [0.25, 0.3) is 11.8 Å². The van der Waals surface area contributed by atoms with Crippen LogP contribution < -0.4 is 15.5 Å². The molecule has 0 aliphatic carbocycles. The standard InChI is InChI=1S/C22H18FN3O3/c23-18-10-12-19(13-11-18)25-21(27)15-29-20-9-5-4-8-17(20)14-24-26-22(28)16-6-2-1-3-7-16/h1-14H,15H2,(H,25,27)(H,26,28)/b24-14+. The maximum absolute atomic E-state index is 12.9. The number of benzene rings is 3. The monoisotopic (exact) mass is 391 g/mol. The minimum Gasteiger partial charge on any atom is -0.483 e. The van der Waals surface area contributed by atoms with Crippen LogP contribution in [0.25, 0.3) is 0 Å². The fourth-order valence-electron chi connectivity index (χ4n) is 2.41. The van der Waals surface area contributed by atoms with E-state index < -0.39 is 0 Å².